The van der Waals surface area contributed by atoms with Crippen LogP contribution in [-0.4, -0.2) is 48.1 Å². The van der Waals surface area contributed by atoms with Gasteiger partial charge in [0.15, 0.2) is 0 Å². The standard InChI is InChI=1S/C25H30NO3.3CH3.Sn/c1-6-26(7-2)24(27)28-20-12-10-19-11-13-23-21(22(19)17-20)14-16-25(5,29-23)15-8-9-18(3)4;;;;/h9-11,13-14,16-17H,6-8,15H2,1-5H3;3*1H3;/t25-;;;;/m1..../s1. The van der Waals surface area contributed by atoms with Crippen LogP contribution in [0.25, 0.3) is 16.8 Å². The first kappa shape index (κ1) is 25.7. The molecule has 0 aromatic heterocycles. The summed E-state index contributed by atoms with van der Waals surface area (Å²) < 4.78 is 13.7. The molecule has 0 aliphatic carbocycles. The van der Waals surface area contributed by atoms with Gasteiger partial charge in [0.1, 0.15) is 0 Å². The first-order valence-corrected chi connectivity index (χ1v) is 22.1. The van der Waals surface area contributed by atoms with Crippen LogP contribution < -0.4 is 13.1 Å². The predicted molar refractivity (Wildman–Crippen MR) is 143 cm³/mol. The summed E-state index contributed by atoms with van der Waals surface area (Å²) in [5.74, 6) is 1.60. The van der Waals surface area contributed by atoms with E-state index in [0.29, 0.717) is 18.8 Å². The molecule has 0 fully saturated rings. The molecule has 1 amide bonds. The number of nitrogens with zero attached hydrogens (tertiary/aromatic N) is 1. The third-order valence-corrected chi connectivity index (χ3v) is 12.0. The number of ether oxygens (including phenoxy) is 2. The van der Waals surface area contributed by atoms with E-state index in [2.05, 4.69) is 78.1 Å². The molecule has 0 unspecified atom stereocenters. The van der Waals surface area contributed by atoms with Crippen molar-refractivity contribution in [3.8, 4) is 11.5 Å². The Hall–Kier alpha value is -1.95. The summed E-state index contributed by atoms with van der Waals surface area (Å²) in [5.41, 5.74) is 2.06. The second kappa shape index (κ2) is 10.1. The van der Waals surface area contributed by atoms with Crippen molar-refractivity contribution in [2.45, 2.75) is 67.9 Å². The molecule has 0 radical (unpaired) electrons. The average Bonchev–Trinajstić information content (AvgIpc) is 2.72. The van der Waals surface area contributed by atoms with Crippen molar-refractivity contribution < 1.29 is 14.3 Å². The zero-order valence-corrected chi connectivity index (χ0v) is 24.4. The third-order valence-electron chi connectivity index (χ3n) is 6.29. The van der Waals surface area contributed by atoms with E-state index < -0.39 is 18.4 Å². The summed E-state index contributed by atoms with van der Waals surface area (Å²) in [6.45, 7) is 11.6. The van der Waals surface area contributed by atoms with Gasteiger partial charge in [-0.15, -0.1) is 0 Å². The van der Waals surface area contributed by atoms with Gasteiger partial charge in [0.25, 0.3) is 0 Å². The summed E-state index contributed by atoms with van der Waals surface area (Å²) in [6.07, 6.45) is 8.25. The molecule has 1 atom stereocenters. The van der Waals surface area contributed by atoms with Gasteiger partial charge in [-0.25, -0.2) is 0 Å². The fraction of sp³-hybridized carbons (Fsp3) is 0.464. The number of benzene rings is 2. The van der Waals surface area contributed by atoms with Crippen LogP contribution in [0.4, 0.5) is 4.79 Å². The van der Waals surface area contributed by atoms with Crippen LogP contribution in [0, 0.1) is 0 Å². The van der Waals surface area contributed by atoms with Crippen LogP contribution in [0.2, 0.25) is 14.8 Å². The van der Waals surface area contributed by atoms with Crippen LogP contribution in [-0.2, 0) is 0 Å². The van der Waals surface area contributed by atoms with Crippen molar-refractivity contribution >= 4 is 44.9 Å². The van der Waals surface area contributed by atoms with Crippen molar-refractivity contribution in [1.82, 2.24) is 4.90 Å². The maximum absolute atomic E-state index is 12.8. The molecule has 0 spiro atoms. The molecule has 1 aliphatic rings. The number of allylic oxidation sites excluding steroid dienone is 2. The second-order valence-electron chi connectivity index (χ2n) is 10.4. The van der Waals surface area contributed by atoms with Crippen molar-refractivity contribution in [1.29, 1.82) is 0 Å². The van der Waals surface area contributed by atoms with Gasteiger partial charge in [0.2, 0.25) is 0 Å². The Kier molecular flexibility index (Phi) is 7.87. The van der Waals surface area contributed by atoms with Gasteiger partial charge in [-0.2, -0.15) is 0 Å². The molecule has 33 heavy (non-hydrogen) atoms. The quantitative estimate of drug-likeness (QED) is 0.269. The molecule has 0 saturated heterocycles. The maximum atomic E-state index is 12.8. The summed E-state index contributed by atoms with van der Waals surface area (Å²) in [6, 6.07) is 8.53. The third kappa shape index (κ3) is 5.95. The number of rotatable bonds is 7. The first-order chi connectivity index (χ1) is 15.5. The molecule has 2 aromatic rings. The van der Waals surface area contributed by atoms with Gasteiger partial charge in [-0.1, -0.05) is 0 Å². The average molecular weight is 556 g/mol. The molecule has 2 aromatic carbocycles. The molecule has 1 aliphatic heterocycles. The number of fused-ring (bicyclic) bond motifs is 3. The summed E-state index contributed by atoms with van der Waals surface area (Å²) in [4.78, 5) is 21.6. The van der Waals surface area contributed by atoms with Gasteiger partial charge in [0, 0.05) is 0 Å². The first-order valence-electron chi connectivity index (χ1n) is 12.1. The van der Waals surface area contributed by atoms with Crippen LogP contribution in [0.3, 0.4) is 0 Å². The Morgan fingerprint density at radius 2 is 1.85 bits per heavy atom. The van der Waals surface area contributed by atoms with Gasteiger partial charge in [-0.3, -0.25) is 0 Å². The van der Waals surface area contributed by atoms with Gasteiger partial charge >= 0.3 is 190 Å². The number of hydrogen-bond acceptors (Lipinski definition) is 3. The topological polar surface area (TPSA) is 38.8 Å². The molecule has 4 nitrogen and oxygen atoms in total. The summed E-state index contributed by atoms with van der Waals surface area (Å²) in [7, 11) is 0. The molecular formula is C28H39NO3Sn. The van der Waals surface area contributed by atoms with Gasteiger partial charge < -0.3 is 0 Å². The Balaban J connectivity index is 2.04. The van der Waals surface area contributed by atoms with Crippen LogP contribution in [0.5, 0.6) is 11.5 Å². The number of amides is 1. The van der Waals surface area contributed by atoms with Crippen molar-refractivity contribution in [3.05, 3.63) is 47.6 Å². The van der Waals surface area contributed by atoms with E-state index >= 15 is 0 Å². The van der Waals surface area contributed by atoms with E-state index in [1.165, 1.54) is 14.5 Å². The Morgan fingerprint density at radius 3 is 2.45 bits per heavy atom. The zero-order chi connectivity index (χ0) is 24.4. The van der Waals surface area contributed by atoms with Crippen LogP contribution in [0.1, 0.15) is 53.0 Å². The van der Waals surface area contributed by atoms with Crippen LogP contribution in [0.15, 0.2) is 42.0 Å². The van der Waals surface area contributed by atoms with Crippen molar-refractivity contribution in [2.24, 2.45) is 0 Å². The fourth-order valence-corrected chi connectivity index (χ4v) is 8.40. The molecule has 0 saturated carbocycles. The Labute approximate surface area is 203 Å². The number of hydrogen-bond donors (Lipinski definition) is 0. The number of carbonyl (C=O) groups excluding carboxylic acids is 1. The van der Waals surface area contributed by atoms with E-state index in [0.717, 1.165) is 29.5 Å². The second-order valence-corrected chi connectivity index (χ2v) is 24.8. The van der Waals surface area contributed by atoms with Crippen molar-refractivity contribution in [2.75, 3.05) is 13.1 Å². The Bertz CT molecular complexity index is 1090. The van der Waals surface area contributed by atoms with Gasteiger partial charge in [-0.05, 0) is 13.8 Å². The SMILES string of the molecule is CCN(CC)C(=O)Oc1cc2c3c(ccc2c[c]1[Sn]([CH3])([CH3])[CH3])O[C@](C)(CCC=C(C)C)C=C3. The number of carbonyl (C=O) groups is 1. The van der Waals surface area contributed by atoms with Crippen molar-refractivity contribution in [3.63, 3.8) is 0 Å². The van der Waals surface area contributed by atoms with E-state index in [1.807, 2.05) is 13.8 Å². The van der Waals surface area contributed by atoms with Gasteiger partial charge in [0.05, 0.1) is 0 Å². The predicted octanol–water partition coefficient (Wildman–Crippen LogP) is 7.14. The zero-order valence-electron chi connectivity index (χ0n) is 21.5. The van der Waals surface area contributed by atoms with E-state index in [-0.39, 0.29) is 11.7 Å². The molecule has 3 rings (SSSR count). The van der Waals surface area contributed by atoms with E-state index in [9.17, 15) is 4.79 Å². The van der Waals surface area contributed by atoms with Crippen LogP contribution >= 0.6 is 0 Å². The molecule has 178 valence electrons. The molecule has 1 heterocycles. The monoisotopic (exact) mass is 557 g/mol. The Morgan fingerprint density at radius 1 is 1.15 bits per heavy atom. The summed E-state index contributed by atoms with van der Waals surface area (Å²) in [5, 5.41) is 2.23. The minimum atomic E-state index is -2.56. The van der Waals surface area contributed by atoms with E-state index in [4.69, 9.17) is 9.47 Å². The fourth-order valence-electron chi connectivity index (χ4n) is 4.25. The molecular weight excluding hydrogens is 517 g/mol. The molecule has 5 heteroatoms. The summed E-state index contributed by atoms with van der Waals surface area (Å²) >= 11 is -2.56. The molecule has 0 bridgehead atoms. The van der Waals surface area contributed by atoms with E-state index in [1.54, 1.807) is 4.90 Å². The minimum absolute atomic E-state index is 0.278. The molecule has 0 N–H and O–H groups in total. The normalized spacial score (nSPS) is 17.3.